The Kier molecular flexibility index (Phi) is 4.81. The van der Waals surface area contributed by atoms with E-state index in [1.54, 1.807) is 16.8 Å². The van der Waals surface area contributed by atoms with E-state index in [1.807, 2.05) is 45.0 Å². The second kappa shape index (κ2) is 7.03. The number of anilines is 1. The average molecular weight is 356 g/mol. The molecular weight excluding hydrogens is 338 g/mol. The van der Waals surface area contributed by atoms with E-state index >= 15 is 0 Å². The van der Waals surface area contributed by atoms with Crippen LogP contribution < -0.4 is 5.32 Å². The Hall–Kier alpha value is -2.73. The lowest BCUT2D eigenvalue weighted by atomic mass is 10.1. The molecule has 0 aliphatic heterocycles. The third kappa shape index (κ3) is 4.03. The predicted molar refractivity (Wildman–Crippen MR) is 97.2 cm³/mol. The molecule has 0 unspecified atom stereocenters. The Labute approximate surface area is 150 Å². The van der Waals surface area contributed by atoms with Crippen LogP contribution in [0.1, 0.15) is 22.6 Å². The number of rotatable bonds is 4. The molecule has 1 aromatic carbocycles. The number of halogens is 1. The van der Waals surface area contributed by atoms with Crippen LogP contribution in [0.25, 0.3) is 5.95 Å². The molecule has 2 aromatic heterocycles. The molecule has 3 aromatic rings. The Morgan fingerprint density at radius 3 is 2.44 bits per heavy atom. The minimum absolute atomic E-state index is 0.178. The summed E-state index contributed by atoms with van der Waals surface area (Å²) in [5.41, 5.74) is 3.20. The van der Waals surface area contributed by atoms with E-state index in [4.69, 9.17) is 11.6 Å². The molecule has 0 spiro atoms. The van der Waals surface area contributed by atoms with Crippen LogP contribution in [-0.4, -0.2) is 25.7 Å². The van der Waals surface area contributed by atoms with E-state index in [0.29, 0.717) is 16.8 Å². The van der Waals surface area contributed by atoms with Crippen LogP contribution in [0.2, 0.25) is 5.02 Å². The molecule has 1 N–H and O–H groups in total. The van der Waals surface area contributed by atoms with Crippen molar-refractivity contribution in [3.63, 3.8) is 0 Å². The molecule has 0 bridgehead atoms. The lowest BCUT2D eigenvalue weighted by Crippen LogP contribution is -2.18. The second-order valence-corrected chi connectivity index (χ2v) is 6.26. The number of carbonyl (C=O) groups excluding carboxylic acids is 1. The number of aryl methyl sites for hydroxylation is 3. The van der Waals surface area contributed by atoms with Crippen LogP contribution in [0, 0.1) is 20.8 Å². The van der Waals surface area contributed by atoms with E-state index in [-0.39, 0.29) is 12.3 Å². The first-order valence-corrected chi connectivity index (χ1v) is 8.23. The molecule has 0 saturated carbocycles. The van der Waals surface area contributed by atoms with E-state index in [0.717, 1.165) is 22.6 Å². The molecule has 25 heavy (non-hydrogen) atoms. The minimum atomic E-state index is -0.182. The average Bonchev–Trinajstić information content (AvgIpc) is 2.89. The zero-order chi connectivity index (χ0) is 18.0. The largest absolute Gasteiger partial charge is 0.310 e. The van der Waals surface area contributed by atoms with Gasteiger partial charge in [-0.2, -0.15) is 9.78 Å². The summed E-state index contributed by atoms with van der Waals surface area (Å²) in [6, 6.07) is 11.0. The Morgan fingerprint density at radius 1 is 1.08 bits per heavy atom. The molecule has 0 saturated heterocycles. The van der Waals surface area contributed by atoms with Gasteiger partial charge in [0.1, 0.15) is 5.82 Å². The quantitative estimate of drug-likeness (QED) is 0.778. The summed E-state index contributed by atoms with van der Waals surface area (Å²) >= 11 is 6.12. The third-order valence-corrected chi connectivity index (χ3v) is 3.94. The fraction of sp³-hybridized carbons (Fsp3) is 0.222. The highest BCUT2D eigenvalue weighted by Gasteiger charge is 2.14. The lowest BCUT2D eigenvalue weighted by molar-refractivity contribution is -0.115. The molecule has 3 rings (SSSR count). The Bertz CT molecular complexity index is 915. The number of benzene rings is 1. The van der Waals surface area contributed by atoms with Crippen molar-refractivity contribution < 1.29 is 4.79 Å². The Morgan fingerprint density at radius 2 is 1.76 bits per heavy atom. The first-order chi connectivity index (χ1) is 11.9. The maximum Gasteiger partial charge on any atom is 0.252 e. The summed E-state index contributed by atoms with van der Waals surface area (Å²) in [7, 11) is 0. The van der Waals surface area contributed by atoms with Gasteiger partial charge in [0.25, 0.3) is 5.95 Å². The van der Waals surface area contributed by atoms with Gasteiger partial charge in [-0.25, -0.2) is 9.97 Å². The molecule has 0 radical (unpaired) electrons. The van der Waals surface area contributed by atoms with Gasteiger partial charge < -0.3 is 5.32 Å². The molecule has 0 aliphatic carbocycles. The lowest BCUT2D eigenvalue weighted by Gasteiger charge is -2.09. The van der Waals surface area contributed by atoms with Crippen LogP contribution in [0.4, 0.5) is 5.82 Å². The monoisotopic (exact) mass is 355 g/mol. The van der Waals surface area contributed by atoms with Crippen LogP contribution in [0.5, 0.6) is 0 Å². The maximum absolute atomic E-state index is 12.4. The van der Waals surface area contributed by atoms with Gasteiger partial charge in [0, 0.05) is 22.5 Å². The number of hydrogen-bond acceptors (Lipinski definition) is 4. The number of carbonyl (C=O) groups is 1. The topological polar surface area (TPSA) is 72.7 Å². The van der Waals surface area contributed by atoms with Gasteiger partial charge in [0.2, 0.25) is 5.91 Å². The number of nitrogens with one attached hydrogen (secondary N) is 1. The van der Waals surface area contributed by atoms with Crippen molar-refractivity contribution in [2.24, 2.45) is 0 Å². The van der Waals surface area contributed by atoms with Crippen molar-refractivity contribution in [3.05, 3.63) is 64.1 Å². The first kappa shape index (κ1) is 17.1. The van der Waals surface area contributed by atoms with E-state index in [9.17, 15) is 4.79 Å². The molecule has 6 nitrogen and oxygen atoms in total. The van der Waals surface area contributed by atoms with Gasteiger partial charge in [-0.3, -0.25) is 4.79 Å². The number of amides is 1. The summed E-state index contributed by atoms with van der Waals surface area (Å²) in [5, 5.41) is 7.83. The van der Waals surface area contributed by atoms with Crippen LogP contribution in [0.15, 0.2) is 36.4 Å². The standard InChI is InChI=1S/C18H18ClN5O/c1-11-8-12(2)21-18(20-11)24-16(9-13(3)23-24)22-17(25)10-14-6-4-5-7-15(14)19/h4-9H,10H2,1-3H3,(H,22,25). The zero-order valence-corrected chi connectivity index (χ0v) is 15.0. The second-order valence-electron chi connectivity index (χ2n) is 5.85. The summed E-state index contributed by atoms with van der Waals surface area (Å²) < 4.78 is 1.54. The Balaban J connectivity index is 1.86. The van der Waals surface area contributed by atoms with Crippen molar-refractivity contribution >= 4 is 23.3 Å². The van der Waals surface area contributed by atoms with E-state index < -0.39 is 0 Å². The normalized spacial score (nSPS) is 10.7. The minimum Gasteiger partial charge on any atom is -0.310 e. The smallest absolute Gasteiger partial charge is 0.252 e. The van der Waals surface area contributed by atoms with Crippen LogP contribution in [0.3, 0.4) is 0 Å². The van der Waals surface area contributed by atoms with Gasteiger partial charge >= 0.3 is 0 Å². The summed E-state index contributed by atoms with van der Waals surface area (Å²) in [6.45, 7) is 5.64. The molecule has 7 heteroatoms. The van der Waals surface area contributed by atoms with Crippen molar-refractivity contribution in [2.45, 2.75) is 27.2 Å². The van der Waals surface area contributed by atoms with Gasteiger partial charge in [-0.05, 0) is 38.5 Å². The summed E-state index contributed by atoms with van der Waals surface area (Å²) in [4.78, 5) is 21.2. The zero-order valence-electron chi connectivity index (χ0n) is 14.2. The van der Waals surface area contributed by atoms with Crippen molar-refractivity contribution in [3.8, 4) is 5.95 Å². The van der Waals surface area contributed by atoms with Crippen molar-refractivity contribution in [1.29, 1.82) is 0 Å². The summed E-state index contributed by atoms with van der Waals surface area (Å²) in [6.07, 6.45) is 0.178. The molecule has 0 aliphatic rings. The fourth-order valence-electron chi connectivity index (χ4n) is 2.54. The maximum atomic E-state index is 12.4. The van der Waals surface area contributed by atoms with Gasteiger partial charge in [-0.1, -0.05) is 29.8 Å². The highest BCUT2D eigenvalue weighted by molar-refractivity contribution is 6.31. The molecule has 0 fully saturated rings. The highest BCUT2D eigenvalue weighted by atomic mass is 35.5. The SMILES string of the molecule is Cc1cc(C)nc(-n2nc(C)cc2NC(=O)Cc2ccccc2Cl)n1. The first-order valence-electron chi connectivity index (χ1n) is 7.85. The number of hydrogen-bond donors (Lipinski definition) is 1. The third-order valence-electron chi connectivity index (χ3n) is 3.57. The van der Waals surface area contributed by atoms with Gasteiger partial charge in [0.15, 0.2) is 0 Å². The van der Waals surface area contributed by atoms with Gasteiger partial charge in [0.05, 0.1) is 12.1 Å². The van der Waals surface area contributed by atoms with Crippen LogP contribution >= 0.6 is 11.6 Å². The molecule has 2 heterocycles. The summed E-state index contributed by atoms with van der Waals surface area (Å²) in [5.74, 6) is 0.775. The number of aromatic nitrogens is 4. The fourth-order valence-corrected chi connectivity index (χ4v) is 2.75. The highest BCUT2D eigenvalue weighted by Crippen LogP contribution is 2.18. The van der Waals surface area contributed by atoms with E-state index in [2.05, 4.69) is 20.4 Å². The van der Waals surface area contributed by atoms with Crippen LogP contribution in [-0.2, 0) is 11.2 Å². The van der Waals surface area contributed by atoms with Crippen molar-refractivity contribution in [1.82, 2.24) is 19.7 Å². The van der Waals surface area contributed by atoms with Crippen molar-refractivity contribution in [2.75, 3.05) is 5.32 Å². The molecule has 0 atom stereocenters. The molecule has 128 valence electrons. The number of nitrogens with zero attached hydrogens (tertiary/aromatic N) is 4. The van der Waals surface area contributed by atoms with Gasteiger partial charge in [-0.15, -0.1) is 0 Å². The molecular formula is C18H18ClN5O. The predicted octanol–water partition coefficient (Wildman–Crippen LogP) is 3.42. The molecule has 1 amide bonds. The van der Waals surface area contributed by atoms with E-state index in [1.165, 1.54) is 0 Å².